The van der Waals surface area contributed by atoms with Crippen LogP contribution in [-0.4, -0.2) is 11.8 Å². The van der Waals surface area contributed by atoms with Crippen LogP contribution in [0.5, 0.6) is 0 Å². The Hall–Kier alpha value is 0.734. The zero-order valence-corrected chi connectivity index (χ0v) is 10.9. The third-order valence-electron chi connectivity index (χ3n) is 2.42. The van der Waals surface area contributed by atoms with Gasteiger partial charge < -0.3 is 9.05 Å². The molecular weight excluding hydrogens is 238 g/mol. The third kappa shape index (κ3) is 2.87. The van der Waals surface area contributed by atoms with Crippen LogP contribution in [0, 0.1) is 12.5 Å². The molecule has 1 unspecified atom stereocenters. The quantitative estimate of drug-likeness (QED) is 0.561. The predicted molar refractivity (Wildman–Crippen MR) is 50.4 cm³/mol. The molecule has 0 aromatic rings. The zero-order valence-electron chi connectivity index (χ0n) is 8.60. The molecule has 1 atom stereocenters. The first kappa shape index (κ1) is 12.8. The molecule has 14 heavy (non-hydrogen) atoms. The van der Waals surface area contributed by atoms with Gasteiger partial charge in [0, 0.05) is 18.6 Å². The van der Waals surface area contributed by atoms with Gasteiger partial charge in [0.15, 0.2) is 0 Å². The number of hydrogen-bond donors (Lipinski definition) is 0. The maximum atomic E-state index is 12.0. The molecule has 3 nitrogen and oxygen atoms in total. The Morgan fingerprint density at radius 1 is 1.50 bits per heavy atom. The van der Waals surface area contributed by atoms with E-state index in [1.165, 1.54) is 0 Å². The van der Waals surface area contributed by atoms with Gasteiger partial charge in [0.05, 0.1) is 11.8 Å². The summed E-state index contributed by atoms with van der Waals surface area (Å²) in [6, 6.07) is 0. The second-order valence-corrected chi connectivity index (χ2v) is 6.42. The van der Waals surface area contributed by atoms with Crippen LogP contribution in [0.4, 0.5) is 0 Å². The van der Waals surface area contributed by atoms with E-state index in [0.29, 0.717) is 12.1 Å². The van der Waals surface area contributed by atoms with Gasteiger partial charge in [0.1, 0.15) is 0 Å². The van der Waals surface area contributed by atoms with Gasteiger partial charge in [-0.3, -0.25) is 4.57 Å². The smallest absolute Gasteiger partial charge is 0.301 e. The molecule has 0 N–H and O–H groups in total. The number of rotatable bonds is 2. The minimum absolute atomic E-state index is 0. The number of hydrogen-bond acceptors (Lipinski definition) is 3. The van der Waals surface area contributed by atoms with E-state index in [1.807, 2.05) is 13.8 Å². The van der Waals surface area contributed by atoms with Crippen molar-refractivity contribution in [3.8, 4) is 0 Å². The standard InChI is InChI=1S/C9H16O3P.V/c1-8(2)7-13(10)11-6-5-9(12-13)3-4-9;/h6,8H,3-5,7H2,1-2H3;/q-1;. The molecule has 1 heterocycles. The van der Waals surface area contributed by atoms with E-state index in [1.54, 1.807) is 6.61 Å². The largest absolute Gasteiger partial charge is 0.486 e. The van der Waals surface area contributed by atoms with Crippen molar-refractivity contribution >= 4 is 7.60 Å². The van der Waals surface area contributed by atoms with Gasteiger partial charge >= 0.3 is 7.60 Å². The minimum atomic E-state index is -2.78. The predicted octanol–water partition coefficient (Wildman–Crippen LogP) is 2.96. The van der Waals surface area contributed by atoms with E-state index < -0.39 is 7.60 Å². The van der Waals surface area contributed by atoms with Crippen LogP contribution in [0.15, 0.2) is 0 Å². The van der Waals surface area contributed by atoms with Gasteiger partial charge in [0.25, 0.3) is 0 Å². The molecule has 1 saturated heterocycles. The molecule has 0 amide bonds. The van der Waals surface area contributed by atoms with E-state index in [9.17, 15) is 4.57 Å². The Morgan fingerprint density at radius 3 is 2.64 bits per heavy atom. The van der Waals surface area contributed by atoms with Crippen LogP contribution in [0.2, 0.25) is 0 Å². The van der Waals surface area contributed by atoms with Gasteiger partial charge in [-0.15, -0.1) is 6.42 Å². The van der Waals surface area contributed by atoms with Gasteiger partial charge in [-0.25, -0.2) is 0 Å². The van der Waals surface area contributed by atoms with Crippen molar-refractivity contribution in [2.24, 2.45) is 5.92 Å². The summed E-state index contributed by atoms with van der Waals surface area (Å²) < 4.78 is 22.8. The molecule has 1 aliphatic carbocycles. The first-order valence-corrected chi connectivity index (χ1v) is 6.56. The van der Waals surface area contributed by atoms with Crippen LogP contribution in [-0.2, 0) is 32.2 Å². The summed E-state index contributed by atoms with van der Waals surface area (Å²) >= 11 is 0. The van der Waals surface area contributed by atoms with Crippen molar-refractivity contribution in [2.75, 3.05) is 6.16 Å². The van der Waals surface area contributed by atoms with E-state index in [4.69, 9.17) is 9.05 Å². The second-order valence-electron chi connectivity index (χ2n) is 4.44. The maximum absolute atomic E-state index is 12.0. The van der Waals surface area contributed by atoms with Crippen molar-refractivity contribution in [3.63, 3.8) is 0 Å². The van der Waals surface area contributed by atoms with Gasteiger partial charge in [-0.05, 0) is 18.8 Å². The van der Waals surface area contributed by atoms with E-state index in [-0.39, 0.29) is 24.2 Å². The maximum Gasteiger partial charge on any atom is 0.301 e. The van der Waals surface area contributed by atoms with Crippen molar-refractivity contribution < 1.29 is 32.2 Å². The first-order chi connectivity index (χ1) is 6.04. The fourth-order valence-corrected chi connectivity index (χ4v) is 3.87. The van der Waals surface area contributed by atoms with Crippen molar-refractivity contribution in [3.05, 3.63) is 6.61 Å². The summed E-state index contributed by atoms with van der Waals surface area (Å²) in [6.07, 6.45) is 3.41. The van der Waals surface area contributed by atoms with Crippen molar-refractivity contribution in [2.45, 2.75) is 38.7 Å². The topological polar surface area (TPSA) is 35.5 Å². The summed E-state index contributed by atoms with van der Waals surface area (Å²) in [5, 5.41) is 0. The molecule has 0 aromatic heterocycles. The van der Waals surface area contributed by atoms with Crippen LogP contribution in [0.25, 0.3) is 0 Å². The first-order valence-electron chi connectivity index (χ1n) is 4.84. The normalized spacial score (nSPS) is 34.2. The molecule has 81 valence electrons. The minimum Gasteiger partial charge on any atom is -0.486 e. The Kier molecular flexibility index (Phi) is 3.94. The molecule has 5 heteroatoms. The Bertz CT molecular complexity index is 250. The summed E-state index contributed by atoms with van der Waals surface area (Å²) in [6.45, 7) is 5.74. The molecule has 1 aliphatic heterocycles. The Labute approximate surface area is 97.3 Å². The second kappa shape index (κ2) is 4.31. The van der Waals surface area contributed by atoms with Crippen LogP contribution < -0.4 is 0 Å². The third-order valence-corrected chi connectivity index (χ3v) is 4.73. The average Bonchev–Trinajstić information content (AvgIpc) is 2.65. The summed E-state index contributed by atoms with van der Waals surface area (Å²) in [5.74, 6) is 0.355. The molecule has 2 rings (SSSR count). The summed E-state index contributed by atoms with van der Waals surface area (Å²) in [7, 11) is -2.78. The molecule has 0 aromatic carbocycles. The fraction of sp³-hybridized carbons (Fsp3) is 0.889. The average molecular weight is 254 g/mol. The van der Waals surface area contributed by atoms with Crippen LogP contribution >= 0.6 is 7.60 Å². The molecule has 2 fully saturated rings. The van der Waals surface area contributed by atoms with Gasteiger partial charge in [0.2, 0.25) is 0 Å². The van der Waals surface area contributed by atoms with E-state index in [2.05, 4.69) is 0 Å². The van der Waals surface area contributed by atoms with Gasteiger partial charge in [-0.1, -0.05) is 13.8 Å². The summed E-state index contributed by atoms with van der Waals surface area (Å²) in [5.41, 5.74) is -0.0946. The molecule has 0 bridgehead atoms. The van der Waals surface area contributed by atoms with E-state index >= 15 is 0 Å². The summed E-state index contributed by atoms with van der Waals surface area (Å²) in [4.78, 5) is 0. The SMILES string of the molecule is CC(C)CP1(=O)O[CH-]CC2(CC2)O1.[V]. The fourth-order valence-electron chi connectivity index (χ4n) is 1.62. The molecule has 2 aliphatic rings. The van der Waals surface area contributed by atoms with Crippen LogP contribution in [0.3, 0.4) is 0 Å². The van der Waals surface area contributed by atoms with Crippen LogP contribution in [0.1, 0.15) is 33.1 Å². The van der Waals surface area contributed by atoms with Gasteiger partial charge in [-0.2, -0.15) is 6.61 Å². The van der Waals surface area contributed by atoms with E-state index in [0.717, 1.165) is 19.3 Å². The molecular formula is C9H16O3PV-. The van der Waals surface area contributed by atoms with Crippen molar-refractivity contribution in [1.82, 2.24) is 0 Å². The molecule has 1 saturated carbocycles. The molecule has 1 spiro atoms. The Balaban J connectivity index is 0.000000980. The van der Waals surface area contributed by atoms with Crippen molar-refractivity contribution in [1.29, 1.82) is 0 Å². The monoisotopic (exact) mass is 254 g/mol. The molecule has 1 radical (unpaired) electrons. The Morgan fingerprint density at radius 2 is 2.14 bits per heavy atom. The zero-order chi connectivity index (χ0) is 9.53.